The molecule has 0 aliphatic carbocycles. The molecule has 0 bridgehead atoms. The van der Waals surface area contributed by atoms with Crippen molar-refractivity contribution >= 4 is 16.9 Å². The lowest BCUT2D eigenvalue weighted by Gasteiger charge is -2.31. The Morgan fingerprint density at radius 3 is 3.04 bits per heavy atom. The molecule has 2 aromatic heterocycles. The summed E-state index contributed by atoms with van der Waals surface area (Å²) in [5.41, 5.74) is 2.37. The zero-order valence-corrected chi connectivity index (χ0v) is 12.5. The normalized spacial score (nSPS) is 18.5. The Balaban J connectivity index is 1.87. The van der Waals surface area contributed by atoms with Gasteiger partial charge >= 0.3 is 0 Å². The largest absolute Gasteiger partial charge is 0.391 e. The second-order valence-electron chi connectivity index (χ2n) is 5.88. The topological polar surface area (TPSA) is 65.0 Å². The molecule has 1 aliphatic rings. The number of aliphatic hydroxyl groups excluding tert-OH is 1. The van der Waals surface area contributed by atoms with Crippen molar-refractivity contribution in [3.8, 4) is 11.1 Å². The number of hydrogen-bond acceptors (Lipinski definition) is 4. The summed E-state index contributed by atoms with van der Waals surface area (Å²) in [7, 11) is 0. The van der Waals surface area contributed by atoms with Crippen molar-refractivity contribution < 1.29 is 9.50 Å². The molecular weight excluding hydrogens is 295 g/mol. The van der Waals surface area contributed by atoms with E-state index in [1.807, 2.05) is 12.3 Å². The molecule has 1 fully saturated rings. The third-order valence-electron chi connectivity index (χ3n) is 4.28. The fourth-order valence-electron chi connectivity index (χ4n) is 3.22. The monoisotopic (exact) mass is 312 g/mol. The van der Waals surface area contributed by atoms with Gasteiger partial charge in [-0.2, -0.15) is 0 Å². The summed E-state index contributed by atoms with van der Waals surface area (Å²) in [4.78, 5) is 13.9. The number of benzene rings is 1. The Labute approximate surface area is 132 Å². The average Bonchev–Trinajstić information content (AvgIpc) is 2.99. The van der Waals surface area contributed by atoms with Crippen molar-refractivity contribution in [1.82, 2.24) is 15.0 Å². The van der Waals surface area contributed by atoms with Crippen molar-refractivity contribution in [2.75, 3.05) is 18.0 Å². The minimum atomic E-state index is -0.342. The van der Waals surface area contributed by atoms with E-state index in [0.29, 0.717) is 12.2 Å². The van der Waals surface area contributed by atoms with Crippen molar-refractivity contribution in [2.24, 2.45) is 0 Å². The number of aliphatic hydroxyl groups is 1. The van der Waals surface area contributed by atoms with Crippen LogP contribution in [0.2, 0.25) is 0 Å². The van der Waals surface area contributed by atoms with Gasteiger partial charge in [0.2, 0.25) is 0 Å². The Kier molecular flexibility index (Phi) is 3.46. The molecule has 4 rings (SSSR count). The van der Waals surface area contributed by atoms with Gasteiger partial charge in [0, 0.05) is 24.8 Å². The molecule has 0 radical (unpaired) electrons. The van der Waals surface area contributed by atoms with E-state index < -0.39 is 0 Å². The molecule has 1 aromatic carbocycles. The predicted molar refractivity (Wildman–Crippen MR) is 86.7 cm³/mol. The molecule has 1 aliphatic heterocycles. The van der Waals surface area contributed by atoms with Crippen LogP contribution in [0.15, 0.2) is 36.8 Å². The molecule has 5 nitrogen and oxygen atoms in total. The molecule has 1 saturated heterocycles. The molecule has 3 aromatic rings. The number of halogens is 1. The summed E-state index contributed by atoms with van der Waals surface area (Å²) >= 11 is 0. The summed E-state index contributed by atoms with van der Waals surface area (Å²) in [6.45, 7) is 1.40. The van der Waals surface area contributed by atoms with E-state index >= 15 is 0 Å². The lowest BCUT2D eigenvalue weighted by Crippen LogP contribution is -2.38. The first kappa shape index (κ1) is 14.1. The number of nitrogens with zero attached hydrogens (tertiary/aromatic N) is 3. The van der Waals surface area contributed by atoms with E-state index in [-0.39, 0.29) is 11.9 Å². The van der Waals surface area contributed by atoms with Crippen LogP contribution in [-0.2, 0) is 0 Å². The zero-order chi connectivity index (χ0) is 15.8. The van der Waals surface area contributed by atoms with Crippen LogP contribution in [0.5, 0.6) is 0 Å². The second kappa shape index (κ2) is 5.62. The van der Waals surface area contributed by atoms with Gasteiger partial charge in [-0.25, -0.2) is 14.4 Å². The van der Waals surface area contributed by atoms with Crippen LogP contribution in [0.1, 0.15) is 12.8 Å². The smallest absolute Gasteiger partial charge is 0.143 e. The van der Waals surface area contributed by atoms with Crippen LogP contribution in [0.25, 0.3) is 22.2 Å². The van der Waals surface area contributed by atoms with Crippen LogP contribution < -0.4 is 4.90 Å². The number of H-pyrrole nitrogens is 1. The Bertz CT molecular complexity index is 847. The highest BCUT2D eigenvalue weighted by atomic mass is 19.1. The van der Waals surface area contributed by atoms with E-state index in [1.54, 1.807) is 6.07 Å². The quantitative estimate of drug-likeness (QED) is 0.763. The van der Waals surface area contributed by atoms with Crippen LogP contribution in [0.4, 0.5) is 10.2 Å². The number of nitrogens with one attached hydrogen (secondary N) is 1. The fourth-order valence-corrected chi connectivity index (χ4v) is 3.22. The second-order valence-corrected chi connectivity index (χ2v) is 5.88. The van der Waals surface area contributed by atoms with Gasteiger partial charge in [-0.1, -0.05) is 12.1 Å². The maximum absolute atomic E-state index is 13.6. The van der Waals surface area contributed by atoms with Gasteiger partial charge in [0.05, 0.1) is 11.5 Å². The zero-order valence-electron chi connectivity index (χ0n) is 12.5. The molecular formula is C17H17FN4O. The average molecular weight is 312 g/mol. The van der Waals surface area contributed by atoms with Crippen LogP contribution >= 0.6 is 0 Å². The van der Waals surface area contributed by atoms with E-state index in [1.165, 1.54) is 18.5 Å². The lowest BCUT2D eigenvalue weighted by atomic mass is 10.0. The van der Waals surface area contributed by atoms with Crippen LogP contribution in [0, 0.1) is 5.82 Å². The minimum absolute atomic E-state index is 0.274. The number of aromatic nitrogens is 3. The third-order valence-corrected chi connectivity index (χ3v) is 4.28. The van der Waals surface area contributed by atoms with Gasteiger partial charge in [-0.3, -0.25) is 0 Å². The fraction of sp³-hybridized carbons (Fsp3) is 0.294. The van der Waals surface area contributed by atoms with Gasteiger partial charge in [0.25, 0.3) is 0 Å². The number of piperidine rings is 1. The van der Waals surface area contributed by atoms with Crippen LogP contribution in [-0.4, -0.2) is 39.3 Å². The van der Waals surface area contributed by atoms with Crippen molar-refractivity contribution in [3.63, 3.8) is 0 Å². The first-order valence-corrected chi connectivity index (χ1v) is 7.73. The number of aromatic amines is 1. The molecule has 1 unspecified atom stereocenters. The molecule has 6 heteroatoms. The first-order valence-electron chi connectivity index (χ1n) is 7.73. The molecule has 0 amide bonds. The number of hydrogen-bond donors (Lipinski definition) is 2. The molecule has 0 saturated carbocycles. The Hall–Kier alpha value is -2.47. The van der Waals surface area contributed by atoms with Crippen molar-refractivity contribution in [2.45, 2.75) is 18.9 Å². The highest BCUT2D eigenvalue weighted by Gasteiger charge is 2.23. The maximum Gasteiger partial charge on any atom is 0.143 e. The van der Waals surface area contributed by atoms with E-state index in [4.69, 9.17) is 0 Å². The van der Waals surface area contributed by atoms with Crippen LogP contribution in [0.3, 0.4) is 0 Å². The molecule has 23 heavy (non-hydrogen) atoms. The van der Waals surface area contributed by atoms with Gasteiger partial charge in [-0.15, -0.1) is 0 Å². The summed E-state index contributed by atoms with van der Waals surface area (Å²) in [6.07, 6.45) is 4.74. The van der Waals surface area contributed by atoms with Gasteiger partial charge < -0.3 is 15.0 Å². The Morgan fingerprint density at radius 1 is 1.30 bits per heavy atom. The molecule has 0 spiro atoms. The molecule has 118 valence electrons. The van der Waals surface area contributed by atoms with Gasteiger partial charge in [-0.05, 0) is 30.5 Å². The minimum Gasteiger partial charge on any atom is -0.391 e. The van der Waals surface area contributed by atoms with E-state index in [2.05, 4.69) is 19.9 Å². The maximum atomic E-state index is 13.6. The first-order chi connectivity index (χ1) is 11.2. The number of fused-ring (bicyclic) bond motifs is 1. The summed E-state index contributed by atoms with van der Waals surface area (Å²) in [5.74, 6) is 0.512. The third kappa shape index (κ3) is 2.55. The Morgan fingerprint density at radius 2 is 2.22 bits per heavy atom. The highest BCUT2D eigenvalue weighted by molar-refractivity contribution is 6.01. The van der Waals surface area contributed by atoms with Crippen molar-refractivity contribution in [3.05, 3.63) is 42.6 Å². The highest BCUT2D eigenvalue weighted by Crippen LogP contribution is 2.34. The lowest BCUT2D eigenvalue weighted by molar-refractivity contribution is 0.154. The summed E-state index contributed by atoms with van der Waals surface area (Å²) in [6, 6.07) is 6.49. The summed E-state index contributed by atoms with van der Waals surface area (Å²) in [5, 5.41) is 10.8. The molecule has 2 N–H and O–H groups in total. The predicted octanol–water partition coefficient (Wildman–Crippen LogP) is 2.73. The number of anilines is 1. The number of rotatable bonds is 2. The van der Waals surface area contributed by atoms with Gasteiger partial charge in [0.1, 0.15) is 23.6 Å². The summed E-state index contributed by atoms with van der Waals surface area (Å²) < 4.78 is 13.6. The van der Waals surface area contributed by atoms with Crippen molar-refractivity contribution in [1.29, 1.82) is 0 Å². The van der Waals surface area contributed by atoms with E-state index in [9.17, 15) is 9.50 Å². The SMILES string of the molecule is OC1CCCN(c2ncnc3[nH]cc(-c4cccc(F)c4)c23)C1. The standard InChI is InChI=1S/C17H17FN4O/c18-12-4-1-3-11(7-12)14-8-19-16-15(14)17(21-10-20-16)22-6-2-5-13(23)9-22/h1,3-4,7-8,10,13,23H,2,5-6,9H2,(H,19,20,21). The molecule has 3 heterocycles. The van der Waals surface area contributed by atoms with E-state index in [0.717, 1.165) is 41.7 Å². The molecule has 1 atom stereocenters. The number of β-amino-alcohol motifs (C(OH)–C–C–N with tert-alkyl or cyclic N) is 1. The van der Waals surface area contributed by atoms with Gasteiger partial charge in [0.15, 0.2) is 0 Å².